The molecule has 0 bridgehead atoms. The summed E-state index contributed by atoms with van der Waals surface area (Å²) in [4.78, 5) is 14.9. The Kier molecular flexibility index (Phi) is 5.29. The Balaban J connectivity index is 1.47. The van der Waals surface area contributed by atoms with Crippen LogP contribution >= 0.6 is 0 Å². The monoisotopic (exact) mass is 429 g/mol. The van der Waals surface area contributed by atoms with Gasteiger partial charge in [0.15, 0.2) is 11.5 Å². The van der Waals surface area contributed by atoms with Gasteiger partial charge in [-0.3, -0.25) is 4.90 Å². The Bertz CT molecular complexity index is 1330. The lowest BCUT2D eigenvalue weighted by atomic mass is 10.0. The maximum absolute atomic E-state index is 12.8. The predicted octanol–water partition coefficient (Wildman–Crippen LogP) is 4.83. The molecule has 0 fully saturated rings. The molecule has 6 nitrogen and oxygen atoms in total. The van der Waals surface area contributed by atoms with Crippen molar-refractivity contribution >= 4 is 11.0 Å². The van der Waals surface area contributed by atoms with Crippen molar-refractivity contribution in [2.75, 3.05) is 21.0 Å². The minimum atomic E-state index is -0.353. The lowest BCUT2D eigenvalue weighted by molar-refractivity contribution is 0.0889. The summed E-state index contributed by atoms with van der Waals surface area (Å²) < 4.78 is 22.5. The van der Waals surface area contributed by atoms with Crippen LogP contribution in [0.2, 0.25) is 0 Å². The van der Waals surface area contributed by atoms with Crippen LogP contribution in [0.25, 0.3) is 22.1 Å². The van der Waals surface area contributed by atoms with Crippen molar-refractivity contribution in [3.63, 3.8) is 0 Å². The average Bonchev–Trinajstić information content (AvgIpc) is 2.84. The fourth-order valence-electron chi connectivity index (χ4n) is 4.10. The van der Waals surface area contributed by atoms with Crippen molar-refractivity contribution in [2.45, 2.75) is 13.1 Å². The highest BCUT2D eigenvalue weighted by Gasteiger charge is 2.22. The summed E-state index contributed by atoms with van der Waals surface area (Å²) in [5.74, 6) is 2.13. The molecule has 1 aliphatic rings. The number of rotatable bonds is 5. The smallest absolute Gasteiger partial charge is 0.344 e. The van der Waals surface area contributed by atoms with E-state index in [0.717, 1.165) is 27.8 Å². The Hall–Kier alpha value is -3.77. The van der Waals surface area contributed by atoms with E-state index >= 15 is 0 Å². The van der Waals surface area contributed by atoms with Crippen LogP contribution < -0.4 is 19.8 Å². The summed E-state index contributed by atoms with van der Waals surface area (Å²) in [5, 5.41) is 0.874. The summed E-state index contributed by atoms with van der Waals surface area (Å²) in [6, 6.07) is 21.2. The van der Waals surface area contributed by atoms with Gasteiger partial charge in [-0.2, -0.15) is 0 Å². The lowest BCUT2D eigenvalue weighted by Crippen LogP contribution is -2.31. The molecule has 4 aromatic rings. The number of hydrogen-bond acceptors (Lipinski definition) is 6. The van der Waals surface area contributed by atoms with Gasteiger partial charge >= 0.3 is 5.63 Å². The third-order valence-electron chi connectivity index (χ3n) is 5.69. The highest BCUT2D eigenvalue weighted by molar-refractivity contribution is 5.86. The Morgan fingerprint density at radius 2 is 1.75 bits per heavy atom. The van der Waals surface area contributed by atoms with E-state index in [1.165, 1.54) is 0 Å². The maximum Gasteiger partial charge on any atom is 0.344 e. The average molecular weight is 429 g/mol. The lowest BCUT2D eigenvalue weighted by Gasteiger charge is -2.29. The van der Waals surface area contributed by atoms with Crippen molar-refractivity contribution < 1.29 is 18.6 Å². The Morgan fingerprint density at radius 3 is 2.53 bits per heavy atom. The first kappa shape index (κ1) is 20.2. The maximum atomic E-state index is 12.8. The van der Waals surface area contributed by atoms with Crippen LogP contribution in [0.5, 0.6) is 17.2 Å². The standard InChI is InChI=1S/C26H23NO5/c1-29-23-10-8-17(12-24(23)30-2)14-27-15-21-22(31-16-27)11-9-19-13-20(26(28)32-25(19)21)18-6-4-3-5-7-18/h3-13H,14-16H2,1-2H3. The molecular formula is C26H23NO5. The Labute approximate surface area is 185 Å². The van der Waals surface area contributed by atoms with Crippen LogP contribution in [0.1, 0.15) is 11.1 Å². The zero-order chi connectivity index (χ0) is 22.1. The van der Waals surface area contributed by atoms with Crippen molar-refractivity contribution in [3.05, 3.63) is 88.3 Å². The molecule has 1 aliphatic heterocycles. The van der Waals surface area contributed by atoms with Gasteiger partial charge in [-0.05, 0) is 41.5 Å². The van der Waals surface area contributed by atoms with Gasteiger partial charge in [0.1, 0.15) is 18.1 Å². The molecule has 0 N–H and O–H groups in total. The summed E-state index contributed by atoms with van der Waals surface area (Å²) in [6.07, 6.45) is 0. The zero-order valence-corrected chi connectivity index (χ0v) is 18.0. The Morgan fingerprint density at radius 1 is 0.938 bits per heavy atom. The number of nitrogens with zero attached hydrogens (tertiary/aromatic N) is 1. The molecule has 0 saturated carbocycles. The second kappa shape index (κ2) is 8.40. The van der Waals surface area contributed by atoms with Crippen molar-refractivity contribution in [1.82, 2.24) is 4.90 Å². The molecular weight excluding hydrogens is 406 g/mol. The summed E-state index contributed by atoms with van der Waals surface area (Å²) in [5.41, 5.74) is 3.57. The van der Waals surface area contributed by atoms with Crippen molar-refractivity contribution in [3.8, 4) is 28.4 Å². The first-order valence-electron chi connectivity index (χ1n) is 10.4. The van der Waals surface area contributed by atoms with E-state index in [-0.39, 0.29) is 5.63 Å². The summed E-state index contributed by atoms with van der Waals surface area (Å²) >= 11 is 0. The number of fused-ring (bicyclic) bond motifs is 3. The molecule has 3 aromatic carbocycles. The quantitative estimate of drug-likeness (QED) is 0.424. The first-order valence-corrected chi connectivity index (χ1v) is 10.4. The number of ether oxygens (including phenoxy) is 3. The molecule has 0 spiro atoms. The molecule has 32 heavy (non-hydrogen) atoms. The zero-order valence-electron chi connectivity index (χ0n) is 18.0. The molecule has 0 saturated heterocycles. The molecule has 0 aliphatic carbocycles. The highest BCUT2D eigenvalue weighted by atomic mass is 16.5. The van der Waals surface area contributed by atoms with Gasteiger partial charge in [-0.15, -0.1) is 0 Å². The largest absolute Gasteiger partial charge is 0.493 e. The molecule has 5 rings (SSSR count). The third kappa shape index (κ3) is 3.69. The summed E-state index contributed by atoms with van der Waals surface area (Å²) in [6.45, 7) is 1.70. The topological polar surface area (TPSA) is 61.1 Å². The normalized spacial score (nSPS) is 13.4. The van der Waals surface area contributed by atoms with E-state index < -0.39 is 0 Å². The van der Waals surface area contributed by atoms with Gasteiger partial charge in [-0.1, -0.05) is 36.4 Å². The fraction of sp³-hybridized carbons (Fsp3) is 0.192. The van der Waals surface area contributed by atoms with E-state index in [4.69, 9.17) is 18.6 Å². The predicted molar refractivity (Wildman–Crippen MR) is 122 cm³/mol. The molecule has 6 heteroatoms. The van der Waals surface area contributed by atoms with E-state index in [1.54, 1.807) is 14.2 Å². The second-order valence-corrected chi connectivity index (χ2v) is 7.72. The van der Waals surface area contributed by atoms with Crippen LogP contribution in [0.15, 0.2) is 75.9 Å². The van der Waals surface area contributed by atoms with Crippen LogP contribution in [0.4, 0.5) is 0 Å². The highest BCUT2D eigenvalue weighted by Crippen LogP contribution is 2.34. The van der Waals surface area contributed by atoms with E-state index in [2.05, 4.69) is 4.90 Å². The number of methoxy groups -OCH3 is 2. The molecule has 0 atom stereocenters. The van der Waals surface area contributed by atoms with Crippen molar-refractivity contribution in [2.24, 2.45) is 0 Å². The van der Waals surface area contributed by atoms with Gasteiger partial charge < -0.3 is 18.6 Å². The molecule has 2 heterocycles. The van der Waals surface area contributed by atoms with Gasteiger partial charge in [0.2, 0.25) is 0 Å². The molecule has 0 radical (unpaired) electrons. The fourth-order valence-corrected chi connectivity index (χ4v) is 4.10. The van der Waals surface area contributed by atoms with E-state index in [9.17, 15) is 4.79 Å². The van der Waals surface area contributed by atoms with Gasteiger partial charge in [0.25, 0.3) is 0 Å². The van der Waals surface area contributed by atoms with E-state index in [0.29, 0.717) is 42.5 Å². The van der Waals surface area contributed by atoms with Crippen molar-refractivity contribution in [1.29, 1.82) is 0 Å². The molecule has 162 valence electrons. The molecule has 0 amide bonds. The number of benzene rings is 3. The van der Waals surface area contributed by atoms with Gasteiger partial charge in [0.05, 0.1) is 25.3 Å². The molecule has 0 unspecified atom stereocenters. The molecule has 1 aromatic heterocycles. The van der Waals surface area contributed by atoms with E-state index in [1.807, 2.05) is 66.7 Å². The van der Waals surface area contributed by atoms with Crippen LogP contribution in [0, 0.1) is 0 Å². The number of hydrogen-bond donors (Lipinski definition) is 0. The van der Waals surface area contributed by atoms with Crippen LogP contribution in [-0.2, 0) is 13.1 Å². The van der Waals surface area contributed by atoms with Crippen LogP contribution in [0.3, 0.4) is 0 Å². The van der Waals surface area contributed by atoms with Gasteiger partial charge in [-0.25, -0.2) is 4.79 Å². The SMILES string of the molecule is COc1ccc(CN2COc3ccc4cc(-c5ccccc5)c(=O)oc4c3C2)cc1OC. The van der Waals surface area contributed by atoms with Crippen LogP contribution in [-0.4, -0.2) is 25.9 Å². The second-order valence-electron chi connectivity index (χ2n) is 7.72. The third-order valence-corrected chi connectivity index (χ3v) is 5.69. The summed E-state index contributed by atoms with van der Waals surface area (Å²) in [7, 11) is 3.24. The van der Waals surface area contributed by atoms with Gasteiger partial charge in [0, 0.05) is 18.5 Å². The first-order chi connectivity index (χ1) is 15.7. The minimum Gasteiger partial charge on any atom is -0.493 e. The minimum absolute atomic E-state index is 0.353.